The Hall–Kier alpha value is -0.830. The molecule has 0 bridgehead atoms. The van der Waals surface area contributed by atoms with Crippen LogP contribution < -0.4 is 0 Å². The van der Waals surface area contributed by atoms with Gasteiger partial charge in [-0.05, 0) is 18.9 Å². The lowest BCUT2D eigenvalue weighted by molar-refractivity contribution is -0.111. The van der Waals surface area contributed by atoms with Crippen molar-refractivity contribution in [2.75, 3.05) is 13.4 Å². The van der Waals surface area contributed by atoms with Gasteiger partial charge >= 0.3 is 0 Å². The second-order valence-corrected chi connectivity index (χ2v) is 4.10. The smallest absolute Gasteiger partial charge is 0.189 e. The molecule has 0 aliphatic heterocycles. The Morgan fingerprint density at radius 3 is 2.47 bits per heavy atom. The van der Waals surface area contributed by atoms with Crippen LogP contribution in [0.4, 0.5) is 0 Å². The highest BCUT2D eigenvalue weighted by atomic mass is 16.7. The van der Waals surface area contributed by atoms with Gasteiger partial charge in [-0.1, -0.05) is 46.0 Å². The molecule has 0 fully saturated rings. The van der Waals surface area contributed by atoms with Crippen molar-refractivity contribution in [3.63, 3.8) is 0 Å². The third-order valence-corrected chi connectivity index (χ3v) is 2.45. The quantitative estimate of drug-likeness (QED) is 0.171. The van der Waals surface area contributed by atoms with Crippen molar-refractivity contribution in [2.24, 2.45) is 0 Å². The summed E-state index contributed by atoms with van der Waals surface area (Å²) >= 11 is 0. The van der Waals surface area contributed by atoms with Crippen LogP contribution in [0.25, 0.3) is 0 Å². The van der Waals surface area contributed by atoms with E-state index in [1.807, 2.05) is 0 Å². The lowest BCUT2D eigenvalue weighted by atomic mass is 10.2. The highest BCUT2D eigenvalue weighted by Gasteiger charge is 1.95. The van der Waals surface area contributed by atoms with Gasteiger partial charge in [-0.25, -0.2) is 0 Å². The van der Waals surface area contributed by atoms with Gasteiger partial charge in [-0.3, -0.25) is 4.79 Å². The van der Waals surface area contributed by atoms with Crippen molar-refractivity contribution in [3.05, 3.63) is 11.8 Å². The molecule has 0 amide bonds. The highest BCUT2D eigenvalue weighted by Crippen LogP contribution is 2.03. The zero-order valence-electron chi connectivity index (χ0n) is 11.2. The summed E-state index contributed by atoms with van der Waals surface area (Å²) in [6.07, 6.45) is 10.5. The van der Waals surface area contributed by atoms with E-state index in [1.165, 1.54) is 25.7 Å². The molecule has 0 atom stereocenters. The third-order valence-electron chi connectivity index (χ3n) is 2.45. The Morgan fingerprint density at radius 2 is 1.82 bits per heavy atom. The van der Waals surface area contributed by atoms with Gasteiger partial charge in [0.15, 0.2) is 18.8 Å². The molecule has 100 valence electrons. The van der Waals surface area contributed by atoms with Gasteiger partial charge in [0.1, 0.15) is 0 Å². The minimum Gasteiger partial charge on any atom is -0.464 e. The molecule has 0 aromatic heterocycles. The van der Waals surface area contributed by atoms with Crippen LogP contribution in [0.5, 0.6) is 0 Å². The maximum atomic E-state index is 10.6. The standard InChI is InChI=1S/C14H26O3/c1-3-5-7-8-9-11-16-13-17-14(12-15)10-6-4-2/h10,12H,3-9,11,13H2,1-2H3/b14-10+. The maximum absolute atomic E-state index is 10.6. The molecule has 0 N–H and O–H groups in total. The molecule has 0 unspecified atom stereocenters. The van der Waals surface area contributed by atoms with Crippen LogP contribution in [0.15, 0.2) is 11.8 Å². The number of hydrogen-bond donors (Lipinski definition) is 0. The topological polar surface area (TPSA) is 35.5 Å². The van der Waals surface area contributed by atoms with Crippen molar-refractivity contribution in [3.8, 4) is 0 Å². The van der Waals surface area contributed by atoms with E-state index in [1.54, 1.807) is 6.08 Å². The van der Waals surface area contributed by atoms with Crippen LogP contribution in [0.1, 0.15) is 58.8 Å². The van der Waals surface area contributed by atoms with E-state index in [-0.39, 0.29) is 6.79 Å². The van der Waals surface area contributed by atoms with E-state index in [4.69, 9.17) is 9.47 Å². The first kappa shape index (κ1) is 16.2. The third kappa shape index (κ3) is 11.4. The first-order chi connectivity index (χ1) is 8.35. The zero-order valence-corrected chi connectivity index (χ0v) is 11.2. The maximum Gasteiger partial charge on any atom is 0.189 e. The number of carbonyl (C=O) groups is 1. The second kappa shape index (κ2) is 13.2. The van der Waals surface area contributed by atoms with E-state index < -0.39 is 0 Å². The van der Waals surface area contributed by atoms with Crippen molar-refractivity contribution in [1.82, 2.24) is 0 Å². The normalized spacial score (nSPS) is 11.5. The number of unbranched alkanes of at least 4 members (excludes halogenated alkanes) is 5. The van der Waals surface area contributed by atoms with E-state index in [0.717, 1.165) is 25.5 Å². The lowest BCUT2D eigenvalue weighted by Crippen LogP contribution is -2.02. The monoisotopic (exact) mass is 242 g/mol. The van der Waals surface area contributed by atoms with Gasteiger partial charge in [0.2, 0.25) is 0 Å². The van der Waals surface area contributed by atoms with Gasteiger partial charge in [-0.15, -0.1) is 0 Å². The number of aldehydes is 1. The fraction of sp³-hybridized carbons (Fsp3) is 0.786. The van der Waals surface area contributed by atoms with E-state index in [0.29, 0.717) is 12.4 Å². The summed E-state index contributed by atoms with van der Waals surface area (Å²) in [4.78, 5) is 10.6. The van der Waals surface area contributed by atoms with Crippen LogP contribution in [-0.2, 0) is 14.3 Å². The average molecular weight is 242 g/mol. The molecule has 0 saturated carbocycles. The molecule has 0 aromatic rings. The minimum atomic E-state index is 0.183. The summed E-state index contributed by atoms with van der Waals surface area (Å²) in [6, 6.07) is 0. The van der Waals surface area contributed by atoms with Gasteiger partial charge < -0.3 is 9.47 Å². The number of ether oxygens (including phenoxy) is 2. The SMILES string of the molecule is CCC/C=C(\C=O)OCOCCCCCCC. The summed E-state index contributed by atoms with van der Waals surface area (Å²) in [5.74, 6) is 0.387. The summed E-state index contributed by atoms with van der Waals surface area (Å²) in [5, 5.41) is 0. The van der Waals surface area contributed by atoms with Crippen molar-refractivity contribution >= 4 is 6.29 Å². The Balaban J connectivity index is 3.34. The molecule has 0 heterocycles. The molecule has 0 radical (unpaired) electrons. The Labute approximate surface area is 105 Å². The molecular weight excluding hydrogens is 216 g/mol. The Morgan fingerprint density at radius 1 is 1.06 bits per heavy atom. The predicted molar refractivity (Wildman–Crippen MR) is 69.7 cm³/mol. The summed E-state index contributed by atoms with van der Waals surface area (Å²) in [7, 11) is 0. The van der Waals surface area contributed by atoms with Crippen molar-refractivity contribution in [1.29, 1.82) is 0 Å². The van der Waals surface area contributed by atoms with E-state index >= 15 is 0 Å². The molecule has 0 spiro atoms. The summed E-state index contributed by atoms with van der Waals surface area (Å²) in [6.45, 7) is 5.16. The molecule has 0 aliphatic rings. The molecule has 0 aliphatic carbocycles. The molecule has 17 heavy (non-hydrogen) atoms. The van der Waals surface area contributed by atoms with Crippen LogP contribution in [0.2, 0.25) is 0 Å². The zero-order chi connectivity index (χ0) is 12.8. The number of hydrogen-bond acceptors (Lipinski definition) is 3. The minimum absolute atomic E-state index is 0.183. The van der Waals surface area contributed by atoms with Gasteiger partial charge in [0, 0.05) is 0 Å². The number of rotatable bonds is 12. The van der Waals surface area contributed by atoms with E-state index in [2.05, 4.69) is 13.8 Å². The number of carbonyl (C=O) groups excluding carboxylic acids is 1. The summed E-state index contributed by atoms with van der Waals surface area (Å²) in [5.41, 5.74) is 0. The fourth-order valence-corrected chi connectivity index (χ4v) is 1.40. The first-order valence-electron chi connectivity index (χ1n) is 6.71. The fourth-order valence-electron chi connectivity index (χ4n) is 1.40. The largest absolute Gasteiger partial charge is 0.464 e. The predicted octanol–water partition coefficient (Wildman–Crippen LogP) is 3.83. The molecule has 3 nitrogen and oxygen atoms in total. The second-order valence-electron chi connectivity index (χ2n) is 4.10. The van der Waals surface area contributed by atoms with Crippen LogP contribution in [0.3, 0.4) is 0 Å². The first-order valence-corrected chi connectivity index (χ1v) is 6.71. The molecule has 0 saturated heterocycles. The van der Waals surface area contributed by atoms with Gasteiger partial charge in [0.05, 0.1) is 6.61 Å². The van der Waals surface area contributed by atoms with Crippen LogP contribution in [0, 0.1) is 0 Å². The van der Waals surface area contributed by atoms with Crippen molar-refractivity contribution in [2.45, 2.75) is 58.8 Å². The Kier molecular flexibility index (Phi) is 12.6. The van der Waals surface area contributed by atoms with Gasteiger partial charge in [-0.2, -0.15) is 0 Å². The Bertz CT molecular complexity index is 200. The van der Waals surface area contributed by atoms with Crippen molar-refractivity contribution < 1.29 is 14.3 Å². The average Bonchev–Trinajstić information content (AvgIpc) is 2.36. The lowest BCUT2D eigenvalue weighted by Gasteiger charge is -2.06. The number of allylic oxidation sites excluding steroid dienone is 2. The van der Waals surface area contributed by atoms with Crippen LogP contribution >= 0.6 is 0 Å². The summed E-state index contributed by atoms with van der Waals surface area (Å²) < 4.78 is 10.5. The molecule has 0 rings (SSSR count). The molecular formula is C14H26O3. The molecule has 0 aromatic carbocycles. The highest BCUT2D eigenvalue weighted by molar-refractivity contribution is 5.69. The van der Waals surface area contributed by atoms with Crippen LogP contribution in [-0.4, -0.2) is 19.7 Å². The van der Waals surface area contributed by atoms with E-state index in [9.17, 15) is 4.79 Å². The molecule has 3 heteroatoms. The van der Waals surface area contributed by atoms with Gasteiger partial charge in [0.25, 0.3) is 0 Å².